The summed E-state index contributed by atoms with van der Waals surface area (Å²) in [7, 11) is 1.77. The molecule has 1 aromatic heterocycles. The molecular formula is C13H21N3O3. The molecule has 0 unspecified atom stereocenters. The Balaban J connectivity index is 3.07. The van der Waals surface area contributed by atoms with Gasteiger partial charge in [-0.3, -0.25) is 14.3 Å². The quantitative estimate of drug-likeness (QED) is 0.870. The molecule has 0 bridgehead atoms. The van der Waals surface area contributed by atoms with E-state index in [1.54, 1.807) is 18.7 Å². The van der Waals surface area contributed by atoms with Gasteiger partial charge in [-0.05, 0) is 19.8 Å². The van der Waals surface area contributed by atoms with Crippen molar-refractivity contribution in [3.63, 3.8) is 0 Å². The number of carbonyl (C=O) groups is 2. The number of aromatic nitrogens is 2. The number of aryl methyl sites for hydroxylation is 2. The van der Waals surface area contributed by atoms with Gasteiger partial charge in [-0.2, -0.15) is 5.10 Å². The van der Waals surface area contributed by atoms with Crippen LogP contribution >= 0.6 is 0 Å². The lowest BCUT2D eigenvalue weighted by atomic mass is 10.1. The molecule has 0 saturated heterocycles. The first-order valence-electron chi connectivity index (χ1n) is 6.25. The molecule has 6 nitrogen and oxygen atoms in total. The molecule has 1 N–H and O–H groups in total. The number of aliphatic carboxylic acids is 1. The topological polar surface area (TPSA) is 75.4 Å². The molecule has 106 valence electrons. The van der Waals surface area contributed by atoms with Crippen LogP contribution in [0.15, 0.2) is 0 Å². The summed E-state index contributed by atoms with van der Waals surface area (Å²) in [5.41, 5.74) is 1.88. The number of rotatable bonds is 5. The Bertz CT molecular complexity index is 492. The smallest absolute Gasteiger partial charge is 0.323 e. The van der Waals surface area contributed by atoms with Crippen molar-refractivity contribution in [2.45, 2.75) is 27.7 Å². The van der Waals surface area contributed by atoms with E-state index in [1.165, 1.54) is 4.90 Å². The highest BCUT2D eigenvalue weighted by molar-refractivity contribution is 5.97. The summed E-state index contributed by atoms with van der Waals surface area (Å²) in [4.78, 5) is 24.7. The molecular weight excluding hydrogens is 246 g/mol. The van der Waals surface area contributed by atoms with Gasteiger partial charge >= 0.3 is 5.97 Å². The number of nitrogens with zero attached hydrogens (tertiary/aromatic N) is 3. The first-order chi connectivity index (χ1) is 8.73. The Morgan fingerprint density at radius 1 is 1.37 bits per heavy atom. The third-order valence-electron chi connectivity index (χ3n) is 2.92. The lowest BCUT2D eigenvalue weighted by Crippen LogP contribution is -2.38. The number of carboxylic acid groups (broad SMARTS) is 1. The van der Waals surface area contributed by atoms with Crippen LogP contribution in [0.1, 0.15) is 35.6 Å². The third-order valence-corrected chi connectivity index (χ3v) is 2.92. The SMILES string of the molecule is Cc1nn(C)c(C)c1C(=O)N(CC(=O)O)CC(C)C. The van der Waals surface area contributed by atoms with Crippen LogP contribution in [0.2, 0.25) is 0 Å². The molecule has 0 spiro atoms. The van der Waals surface area contributed by atoms with Crippen molar-refractivity contribution >= 4 is 11.9 Å². The number of carboxylic acids is 1. The van der Waals surface area contributed by atoms with Crippen molar-refractivity contribution in [2.24, 2.45) is 13.0 Å². The number of hydrogen-bond donors (Lipinski definition) is 1. The van der Waals surface area contributed by atoms with Crippen LogP contribution in [0.25, 0.3) is 0 Å². The summed E-state index contributed by atoms with van der Waals surface area (Å²) < 4.78 is 1.64. The van der Waals surface area contributed by atoms with Crippen LogP contribution in [-0.4, -0.2) is 44.8 Å². The minimum absolute atomic E-state index is 0.209. The molecule has 0 aliphatic rings. The zero-order valence-corrected chi connectivity index (χ0v) is 12.1. The molecule has 0 fully saturated rings. The van der Waals surface area contributed by atoms with Crippen molar-refractivity contribution < 1.29 is 14.7 Å². The molecule has 19 heavy (non-hydrogen) atoms. The van der Waals surface area contributed by atoms with Crippen molar-refractivity contribution in [2.75, 3.05) is 13.1 Å². The van der Waals surface area contributed by atoms with Crippen molar-refractivity contribution in [1.29, 1.82) is 0 Å². The van der Waals surface area contributed by atoms with Gasteiger partial charge in [-0.15, -0.1) is 0 Å². The maximum Gasteiger partial charge on any atom is 0.323 e. The summed E-state index contributed by atoms with van der Waals surface area (Å²) in [6, 6.07) is 0. The molecule has 0 aliphatic carbocycles. The maximum absolute atomic E-state index is 12.5. The second-order valence-corrected chi connectivity index (χ2v) is 5.14. The Hall–Kier alpha value is -1.85. The molecule has 1 aromatic rings. The highest BCUT2D eigenvalue weighted by atomic mass is 16.4. The van der Waals surface area contributed by atoms with E-state index in [0.717, 1.165) is 5.69 Å². The van der Waals surface area contributed by atoms with Crippen LogP contribution < -0.4 is 0 Å². The van der Waals surface area contributed by atoms with E-state index < -0.39 is 5.97 Å². The fourth-order valence-electron chi connectivity index (χ4n) is 2.06. The standard InChI is InChI=1S/C13H21N3O3/c1-8(2)6-16(7-11(17)18)13(19)12-9(3)14-15(5)10(12)4/h8H,6-7H2,1-5H3,(H,17,18). The highest BCUT2D eigenvalue weighted by Gasteiger charge is 2.25. The Morgan fingerprint density at radius 3 is 2.32 bits per heavy atom. The second-order valence-electron chi connectivity index (χ2n) is 5.14. The van der Waals surface area contributed by atoms with Crippen molar-refractivity contribution in [3.05, 3.63) is 17.0 Å². The van der Waals surface area contributed by atoms with Gasteiger partial charge in [-0.1, -0.05) is 13.8 Å². The number of carbonyl (C=O) groups excluding carboxylic acids is 1. The van der Waals surface area contributed by atoms with Gasteiger partial charge in [0.05, 0.1) is 11.3 Å². The Labute approximate surface area is 113 Å². The lowest BCUT2D eigenvalue weighted by Gasteiger charge is -2.22. The maximum atomic E-state index is 12.5. The Morgan fingerprint density at radius 2 is 1.95 bits per heavy atom. The molecule has 1 amide bonds. The molecule has 1 rings (SSSR count). The van der Waals surface area contributed by atoms with E-state index in [4.69, 9.17) is 5.11 Å². The highest BCUT2D eigenvalue weighted by Crippen LogP contribution is 2.15. The minimum atomic E-state index is -1.01. The third kappa shape index (κ3) is 3.56. The van der Waals surface area contributed by atoms with Gasteiger partial charge in [0.2, 0.25) is 0 Å². The van der Waals surface area contributed by atoms with Crippen LogP contribution in [0.5, 0.6) is 0 Å². The minimum Gasteiger partial charge on any atom is -0.480 e. The normalized spacial score (nSPS) is 10.8. The van der Waals surface area contributed by atoms with Crippen LogP contribution in [-0.2, 0) is 11.8 Å². The van der Waals surface area contributed by atoms with Crippen LogP contribution in [0.4, 0.5) is 0 Å². The van der Waals surface area contributed by atoms with Gasteiger partial charge in [0.1, 0.15) is 6.54 Å². The van der Waals surface area contributed by atoms with Crippen LogP contribution in [0.3, 0.4) is 0 Å². The second kappa shape index (κ2) is 5.86. The predicted octanol–water partition coefficient (Wildman–Crippen LogP) is 1.22. The molecule has 0 radical (unpaired) electrons. The van der Waals surface area contributed by atoms with Crippen molar-refractivity contribution in [1.82, 2.24) is 14.7 Å². The Kier molecular flexibility index (Phi) is 4.69. The van der Waals surface area contributed by atoms with E-state index in [2.05, 4.69) is 5.10 Å². The largest absolute Gasteiger partial charge is 0.480 e. The van der Waals surface area contributed by atoms with Gasteiger partial charge < -0.3 is 10.0 Å². The van der Waals surface area contributed by atoms with Gasteiger partial charge in [-0.25, -0.2) is 0 Å². The van der Waals surface area contributed by atoms with E-state index in [1.807, 2.05) is 20.8 Å². The monoisotopic (exact) mass is 267 g/mol. The van der Waals surface area contributed by atoms with E-state index in [-0.39, 0.29) is 18.4 Å². The fraction of sp³-hybridized carbons (Fsp3) is 0.615. The number of hydrogen-bond acceptors (Lipinski definition) is 3. The summed E-state index contributed by atoms with van der Waals surface area (Å²) in [5.74, 6) is -1.06. The zero-order chi connectivity index (χ0) is 14.7. The molecule has 0 aromatic carbocycles. The van der Waals surface area contributed by atoms with E-state index in [9.17, 15) is 9.59 Å². The van der Waals surface area contributed by atoms with Gasteiger partial charge in [0, 0.05) is 19.3 Å². The summed E-state index contributed by atoms with van der Waals surface area (Å²) in [5, 5.41) is 13.1. The average Bonchev–Trinajstić information content (AvgIpc) is 2.50. The lowest BCUT2D eigenvalue weighted by molar-refractivity contribution is -0.137. The van der Waals surface area contributed by atoms with Crippen molar-refractivity contribution in [3.8, 4) is 0 Å². The predicted molar refractivity (Wildman–Crippen MR) is 71.1 cm³/mol. The first kappa shape index (κ1) is 15.2. The summed E-state index contributed by atoms with van der Waals surface area (Å²) in [6.07, 6.45) is 0. The zero-order valence-electron chi connectivity index (χ0n) is 12.1. The fourth-order valence-corrected chi connectivity index (χ4v) is 2.06. The van der Waals surface area contributed by atoms with E-state index in [0.29, 0.717) is 17.8 Å². The molecule has 0 saturated carbocycles. The summed E-state index contributed by atoms with van der Waals surface area (Å²) >= 11 is 0. The van der Waals surface area contributed by atoms with Gasteiger partial charge in [0.25, 0.3) is 5.91 Å². The summed E-state index contributed by atoms with van der Waals surface area (Å²) in [6.45, 7) is 7.59. The molecule has 6 heteroatoms. The molecule has 0 aliphatic heterocycles. The number of amides is 1. The average molecular weight is 267 g/mol. The van der Waals surface area contributed by atoms with Gasteiger partial charge in [0.15, 0.2) is 0 Å². The van der Waals surface area contributed by atoms with E-state index >= 15 is 0 Å². The first-order valence-corrected chi connectivity index (χ1v) is 6.25. The molecule has 0 atom stereocenters. The molecule has 1 heterocycles. The van der Waals surface area contributed by atoms with Crippen LogP contribution in [0, 0.1) is 19.8 Å².